The highest BCUT2D eigenvalue weighted by atomic mass is 16.5. The van der Waals surface area contributed by atoms with E-state index in [4.69, 9.17) is 4.52 Å². The number of H-pyrrole nitrogens is 1. The number of hydrogen-bond acceptors (Lipinski definition) is 5. The molecule has 7 nitrogen and oxygen atoms in total. The molecular formula is C15H14N6O. The van der Waals surface area contributed by atoms with Crippen LogP contribution in [0.3, 0.4) is 0 Å². The molecule has 1 atom stereocenters. The number of imidazole rings is 1. The molecule has 0 amide bonds. The van der Waals surface area contributed by atoms with Crippen molar-refractivity contribution in [3.05, 3.63) is 48.9 Å². The van der Waals surface area contributed by atoms with Gasteiger partial charge in [0.15, 0.2) is 0 Å². The molecule has 0 saturated carbocycles. The average molecular weight is 294 g/mol. The third-order valence-electron chi connectivity index (χ3n) is 3.64. The van der Waals surface area contributed by atoms with Crippen LogP contribution in [-0.4, -0.2) is 29.9 Å². The van der Waals surface area contributed by atoms with Crippen LogP contribution in [0.25, 0.3) is 22.4 Å². The Morgan fingerprint density at radius 3 is 3.14 bits per heavy atom. The fraction of sp³-hybridized carbons (Fsp3) is 0.200. The number of nitrogens with zero attached hydrogens (tertiary/aromatic N) is 5. The van der Waals surface area contributed by atoms with Crippen LogP contribution in [0.1, 0.15) is 25.3 Å². The fourth-order valence-electron chi connectivity index (χ4n) is 2.50. The molecule has 3 heterocycles. The summed E-state index contributed by atoms with van der Waals surface area (Å²) in [5.41, 5.74) is 2.75. The van der Waals surface area contributed by atoms with Crippen LogP contribution in [0, 0.1) is 0 Å². The molecule has 0 radical (unpaired) electrons. The monoisotopic (exact) mass is 294 g/mol. The van der Waals surface area contributed by atoms with Crippen molar-refractivity contribution in [3.63, 3.8) is 0 Å². The van der Waals surface area contributed by atoms with Crippen LogP contribution in [-0.2, 0) is 0 Å². The second-order valence-corrected chi connectivity index (χ2v) is 5.00. The highest BCUT2D eigenvalue weighted by molar-refractivity contribution is 5.79. The van der Waals surface area contributed by atoms with Gasteiger partial charge in [-0.1, -0.05) is 12.1 Å². The first kappa shape index (κ1) is 12.8. The van der Waals surface area contributed by atoms with E-state index in [0.717, 1.165) is 23.0 Å². The molecule has 0 aliphatic carbocycles. The van der Waals surface area contributed by atoms with Gasteiger partial charge in [0.25, 0.3) is 5.89 Å². The highest BCUT2D eigenvalue weighted by Gasteiger charge is 2.20. The van der Waals surface area contributed by atoms with Gasteiger partial charge in [-0.05, 0) is 30.7 Å². The van der Waals surface area contributed by atoms with Gasteiger partial charge in [0, 0.05) is 18.0 Å². The van der Waals surface area contributed by atoms with Crippen LogP contribution in [0.4, 0.5) is 0 Å². The Morgan fingerprint density at radius 2 is 2.32 bits per heavy atom. The number of rotatable bonds is 4. The molecule has 4 rings (SSSR count). The summed E-state index contributed by atoms with van der Waals surface area (Å²) < 4.78 is 7.27. The Hall–Kier alpha value is -2.96. The van der Waals surface area contributed by atoms with Crippen molar-refractivity contribution in [1.82, 2.24) is 29.9 Å². The molecule has 0 fully saturated rings. The van der Waals surface area contributed by atoms with Gasteiger partial charge in [0.05, 0.1) is 17.4 Å². The maximum atomic E-state index is 5.44. The van der Waals surface area contributed by atoms with Gasteiger partial charge >= 0.3 is 0 Å². The minimum Gasteiger partial charge on any atom is -0.345 e. The summed E-state index contributed by atoms with van der Waals surface area (Å²) in [6, 6.07) is 7.67. The first-order valence-corrected chi connectivity index (χ1v) is 7.11. The number of nitrogens with one attached hydrogen (secondary N) is 1. The van der Waals surface area contributed by atoms with Gasteiger partial charge in [-0.25, -0.2) is 4.98 Å². The number of aromatic amines is 1. The molecule has 0 unspecified atom stereocenters. The van der Waals surface area contributed by atoms with E-state index in [1.807, 2.05) is 35.1 Å². The van der Waals surface area contributed by atoms with Crippen molar-refractivity contribution in [2.45, 2.75) is 19.4 Å². The third kappa shape index (κ3) is 2.07. The molecule has 0 aliphatic rings. The van der Waals surface area contributed by atoms with E-state index in [1.165, 1.54) is 0 Å². The van der Waals surface area contributed by atoms with Crippen LogP contribution < -0.4 is 0 Å². The number of aromatic nitrogens is 6. The lowest BCUT2D eigenvalue weighted by molar-refractivity contribution is 0.321. The Labute approximate surface area is 126 Å². The van der Waals surface area contributed by atoms with Gasteiger partial charge in [0.2, 0.25) is 5.82 Å². The van der Waals surface area contributed by atoms with Crippen molar-refractivity contribution < 1.29 is 4.52 Å². The van der Waals surface area contributed by atoms with Gasteiger partial charge in [-0.15, -0.1) is 0 Å². The molecule has 22 heavy (non-hydrogen) atoms. The van der Waals surface area contributed by atoms with Crippen molar-refractivity contribution in [2.75, 3.05) is 0 Å². The Balaban J connectivity index is 1.71. The number of benzene rings is 1. The van der Waals surface area contributed by atoms with E-state index in [9.17, 15) is 0 Å². The lowest BCUT2D eigenvalue weighted by Crippen LogP contribution is -2.10. The Kier molecular flexibility index (Phi) is 2.96. The smallest absolute Gasteiger partial charge is 0.251 e. The molecule has 0 spiro atoms. The fourth-order valence-corrected chi connectivity index (χ4v) is 2.50. The van der Waals surface area contributed by atoms with Crippen molar-refractivity contribution in [3.8, 4) is 11.4 Å². The minimum atomic E-state index is -0.0489. The first-order valence-electron chi connectivity index (χ1n) is 7.11. The molecule has 7 heteroatoms. The summed E-state index contributed by atoms with van der Waals surface area (Å²) in [6.45, 7) is 2.06. The van der Waals surface area contributed by atoms with Crippen molar-refractivity contribution in [2.24, 2.45) is 0 Å². The van der Waals surface area contributed by atoms with Gasteiger partial charge in [-0.2, -0.15) is 10.1 Å². The summed E-state index contributed by atoms with van der Waals surface area (Å²) in [4.78, 5) is 11.8. The van der Waals surface area contributed by atoms with E-state index in [2.05, 4.69) is 32.1 Å². The largest absolute Gasteiger partial charge is 0.345 e. The molecule has 1 aromatic carbocycles. The van der Waals surface area contributed by atoms with E-state index >= 15 is 0 Å². The second-order valence-electron chi connectivity index (χ2n) is 5.00. The molecular weight excluding hydrogens is 280 g/mol. The Bertz CT molecular complexity index is 892. The third-order valence-corrected chi connectivity index (χ3v) is 3.64. The maximum absolute atomic E-state index is 5.44. The van der Waals surface area contributed by atoms with Crippen LogP contribution >= 0.6 is 0 Å². The van der Waals surface area contributed by atoms with Crippen molar-refractivity contribution >= 4 is 11.0 Å². The zero-order chi connectivity index (χ0) is 14.9. The van der Waals surface area contributed by atoms with Crippen molar-refractivity contribution in [1.29, 1.82) is 0 Å². The van der Waals surface area contributed by atoms with Gasteiger partial charge in [0.1, 0.15) is 6.04 Å². The predicted molar refractivity (Wildman–Crippen MR) is 80.0 cm³/mol. The van der Waals surface area contributed by atoms with Gasteiger partial charge < -0.3 is 9.51 Å². The summed E-state index contributed by atoms with van der Waals surface area (Å²) in [5.74, 6) is 1.13. The number of hydrogen-bond donors (Lipinski definition) is 1. The average Bonchev–Trinajstić information content (AvgIpc) is 3.29. The van der Waals surface area contributed by atoms with Crippen LogP contribution in [0.15, 0.2) is 47.5 Å². The quantitative estimate of drug-likeness (QED) is 0.625. The zero-order valence-corrected chi connectivity index (χ0v) is 12.0. The molecule has 4 aromatic rings. The topological polar surface area (TPSA) is 85.4 Å². The highest BCUT2D eigenvalue weighted by Crippen LogP contribution is 2.24. The molecule has 0 saturated heterocycles. The minimum absolute atomic E-state index is 0.0489. The summed E-state index contributed by atoms with van der Waals surface area (Å²) >= 11 is 0. The SMILES string of the molecule is CC[C@@H](c1nc(-c2ccc3nc[nH]c3c2)no1)n1cccn1. The number of fused-ring (bicyclic) bond motifs is 1. The molecule has 1 N–H and O–H groups in total. The summed E-state index contributed by atoms with van der Waals surface area (Å²) in [6.07, 6.45) is 6.13. The van der Waals surface area contributed by atoms with E-state index in [1.54, 1.807) is 12.5 Å². The lowest BCUT2D eigenvalue weighted by Gasteiger charge is -2.09. The molecule has 0 aliphatic heterocycles. The van der Waals surface area contributed by atoms with E-state index < -0.39 is 0 Å². The maximum Gasteiger partial charge on any atom is 0.251 e. The first-order chi connectivity index (χ1) is 10.8. The second kappa shape index (κ2) is 5.10. The Morgan fingerprint density at radius 1 is 1.36 bits per heavy atom. The van der Waals surface area contributed by atoms with E-state index in [0.29, 0.717) is 11.7 Å². The molecule has 3 aromatic heterocycles. The zero-order valence-electron chi connectivity index (χ0n) is 12.0. The normalized spacial score (nSPS) is 12.8. The summed E-state index contributed by atoms with van der Waals surface area (Å²) in [5, 5.41) is 8.35. The van der Waals surface area contributed by atoms with Crippen LogP contribution in [0.5, 0.6) is 0 Å². The van der Waals surface area contributed by atoms with Crippen LogP contribution in [0.2, 0.25) is 0 Å². The van der Waals surface area contributed by atoms with Gasteiger partial charge in [-0.3, -0.25) is 4.68 Å². The van der Waals surface area contributed by atoms with E-state index in [-0.39, 0.29) is 6.04 Å². The molecule has 0 bridgehead atoms. The summed E-state index contributed by atoms with van der Waals surface area (Å²) in [7, 11) is 0. The predicted octanol–water partition coefficient (Wildman–Crippen LogP) is 2.81. The standard InChI is InChI=1S/C15H14N6O/c1-2-13(21-7-3-6-18-21)15-19-14(20-22-15)10-4-5-11-12(8-10)17-9-16-11/h3-9,13H,2H2,1H3,(H,16,17)/t13-/m0/s1. The lowest BCUT2D eigenvalue weighted by atomic mass is 10.2. The molecule has 110 valence electrons.